The summed E-state index contributed by atoms with van der Waals surface area (Å²) in [4.78, 5) is 8.79. The van der Waals surface area contributed by atoms with Gasteiger partial charge in [-0.2, -0.15) is 9.61 Å². The first-order valence-corrected chi connectivity index (χ1v) is 8.89. The van der Waals surface area contributed by atoms with E-state index >= 15 is 0 Å². The van der Waals surface area contributed by atoms with Crippen molar-refractivity contribution >= 4 is 11.5 Å². The highest BCUT2D eigenvalue weighted by Gasteiger charge is 2.15. The zero-order chi connectivity index (χ0) is 17.9. The van der Waals surface area contributed by atoms with Crippen LogP contribution in [-0.4, -0.2) is 30.7 Å². The molecule has 0 atom stereocenters. The second kappa shape index (κ2) is 7.03. The first-order valence-electron chi connectivity index (χ1n) is 8.89. The number of nitrogens with one attached hydrogen (secondary N) is 1. The number of fused-ring (bicyclic) bond motifs is 1. The van der Waals surface area contributed by atoms with E-state index in [1.165, 1.54) is 5.56 Å². The number of nitrogens with zero attached hydrogens (tertiary/aromatic N) is 5. The van der Waals surface area contributed by atoms with Crippen LogP contribution < -0.4 is 5.32 Å². The van der Waals surface area contributed by atoms with E-state index in [2.05, 4.69) is 28.7 Å². The standard InChI is InChI=1S/C19H22N6O/c1-3-15-14(2)22-18-12-16(17-6-4-11-26-17)23-25(18)19(15)21-7-5-9-24-10-8-20-13-24/h4,6,8,10-13,21H,3,5,7,9H2,1-2H3. The summed E-state index contributed by atoms with van der Waals surface area (Å²) in [6.07, 6.45) is 9.18. The molecule has 0 radical (unpaired) electrons. The third-order valence-electron chi connectivity index (χ3n) is 4.48. The number of furan rings is 1. The molecular weight excluding hydrogens is 328 g/mol. The highest BCUT2D eigenvalue weighted by molar-refractivity contribution is 5.63. The van der Waals surface area contributed by atoms with Crippen LogP contribution in [0.3, 0.4) is 0 Å². The molecule has 134 valence electrons. The fourth-order valence-corrected chi connectivity index (χ4v) is 3.19. The van der Waals surface area contributed by atoms with Crippen LogP contribution in [0.25, 0.3) is 17.1 Å². The molecule has 0 aliphatic heterocycles. The second-order valence-corrected chi connectivity index (χ2v) is 6.24. The summed E-state index contributed by atoms with van der Waals surface area (Å²) >= 11 is 0. The quantitative estimate of drug-likeness (QED) is 0.516. The molecule has 1 N–H and O–H groups in total. The molecule has 0 aliphatic rings. The number of rotatable bonds is 7. The number of hydrogen-bond donors (Lipinski definition) is 1. The van der Waals surface area contributed by atoms with E-state index in [1.54, 1.807) is 12.5 Å². The Bertz CT molecular complexity index is 985. The average molecular weight is 350 g/mol. The van der Waals surface area contributed by atoms with Crippen LogP contribution in [0.1, 0.15) is 24.6 Å². The van der Waals surface area contributed by atoms with E-state index in [0.29, 0.717) is 0 Å². The molecule has 4 heterocycles. The van der Waals surface area contributed by atoms with Gasteiger partial charge in [-0.1, -0.05) is 6.92 Å². The summed E-state index contributed by atoms with van der Waals surface area (Å²) in [7, 11) is 0. The van der Waals surface area contributed by atoms with E-state index in [-0.39, 0.29) is 0 Å². The second-order valence-electron chi connectivity index (χ2n) is 6.24. The van der Waals surface area contributed by atoms with Gasteiger partial charge >= 0.3 is 0 Å². The van der Waals surface area contributed by atoms with Gasteiger partial charge in [0.2, 0.25) is 0 Å². The summed E-state index contributed by atoms with van der Waals surface area (Å²) < 4.78 is 9.45. The Morgan fingerprint density at radius 2 is 2.23 bits per heavy atom. The highest BCUT2D eigenvalue weighted by Crippen LogP contribution is 2.25. The largest absolute Gasteiger partial charge is 0.463 e. The maximum absolute atomic E-state index is 5.48. The van der Waals surface area contributed by atoms with Gasteiger partial charge in [-0.25, -0.2) is 9.97 Å². The van der Waals surface area contributed by atoms with Gasteiger partial charge in [-0.15, -0.1) is 0 Å². The molecule has 4 rings (SSSR count). The molecule has 0 fully saturated rings. The van der Waals surface area contributed by atoms with E-state index in [0.717, 1.165) is 54.5 Å². The lowest BCUT2D eigenvalue weighted by Crippen LogP contribution is -2.13. The van der Waals surface area contributed by atoms with Crippen LogP contribution in [0.4, 0.5) is 5.82 Å². The minimum atomic E-state index is 0.747. The number of anilines is 1. The molecule has 0 aliphatic carbocycles. The van der Waals surface area contributed by atoms with Crippen LogP contribution >= 0.6 is 0 Å². The lowest BCUT2D eigenvalue weighted by Gasteiger charge is -2.14. The summed E-state index contributed by atoms with van der Waals surface area (Å²) in [5.74, 6) is 1.76. The molecule has 0 amide bonds. The molecule has 0 spiro atoms. The molecule has 0 unspecified atom stereocenters. The number of hydrogen-bond acceptors (Lipinski definition) is 5. The predicted molar refractivity (Wildman–Crippen MR) is 100 cm³/mol. The summed E-state index contributed by atoms with van der Waals surface area (Å²) in [5.41, 5.74) is 3.83. The third-order valence-corrected chi connectivity index (χ3v) is 4.48. The lowest BCUT2D eigenvalue weighted by molar-refractivity contribution is 0.579. The number of imidazole rings is 1. The zero-order valence-corrected chi connectivity index (χ0v) is 15.0. The Labute approximate surface area is 151 Å². The van der Waals surface area contributed by atoms with Gasteiger partial charge in [0, 0.05) is 42.8 Å². The van der Waals surface area contributed by atoms with Gasteiger partial charge in [-0.05, 0) is 31.9 Å². The molecule has 0 saturated carbocycles. The Kier molecular flexibility index (Phi) is 4.43. The Balaban J connectivity index is 1.62. The first kappa shape index (κ1) is 16.4. The minimum Gasteiger partial charge on any atom is -0.463 e. The lowest BCUT2D eigenvalue weighted by atomic mass is 10.1. The highest BCUT2D eigenvalue weighted by atomic mass is 16.3. The van der Waals surface area contributed by atoms with E-state index in [4.69, 9.17) is 14.5 Å². The smallest absolute Gasteiger partial charge is 0.158 e. The van der Waals surface area contributed by atoms with Crippen LogP contribution in [0.2, 0.25) is 0 Å². The molecular formula is C19H22N6O. The van der Waals surface area contributed by atoms with Crippen LogP contribution in [0, 0.1) is 6.92 Å². The number of aryl methyl sites for hydroxylation is 2. The van der Waals surface area contributed by atoms with Gasteiger partial charge in [-0.3, -0.25) is 0 Å². The van der Waals surface area contributed by atoms with Crippen LogP contribution in [-0.2, 0) is 13.0 Å². The first-order chi connectivity index (χ1) is 12.8. The van der Waals surface area contributed by atoms with Crippen molar-refractivity contribution in [3.8, 4) is 11.5 Å². The molecule has 4 aromatic heterocycles. The molecule has 0 saturated heterocycles. The van der Waals surface area contributed by atoms with E-state index in [9.17, 15) is 0 Å². The molecule has 26 heavy (non-hydrogen) atoms. The molecule has 7 heteroatoms. The topological polar surface area (TPSA) is 73.2 Å². The number of aromatic nitrogens is 5. The van der Waals surface area contributed by atoms with Gasteiger partial charge < -0.3 is 14.3 Å². The van der Waals surface area contributed by atoms with Gasteiger partial charge in [0.1, 0.15) is 11.5 Å². The molecule has 7 nitrogen and oxygen atoms in total. The summed E-state index contributed by atoms with van der Waals surface area (Å²) in [6.45, 7) is 5.97. The van der Waals surface area contributed by atoms with E-state index < -0.39 is 0 Å². The average Bonchev–Trinajstić information content (AvgIpc) is 3.38. The zero-order valence-electron chi connectivity index (χ0n) is 15.0. The van der Waals surface area contributed by atoms with Crippen molar-refractivity contribution < 1.29 is 4.42 Å². The monoisotopic (exact) mass is 350 g/mol. The van der Waals surface area contributed by atoms with Crippen molar-refractivity contribution in [1.82, 2.24) is 24.1 Å². The van der Waals surface area contributed by atoms with Crippen molar-refractivity contribution in [2.24, 2.45) is 0 Å². The van der Waals surface area contributed by atoms with Crippen molar-refractivity contribution in [3.05, 3.63) is 54.4 Å². The fraction of sp³-hybridized carbons (Fsp3) is 0.316. The molecule has 0 bridgehead atoms. The Morgan fingerprint density at radius 1 is 1.31 bits per heavy atom. The Hall–Kier alpha value is -3.09. The normalized spacial score (nSPS) is 11.3. The van der Waals surface area contributed by atoms with Gasteiger partial charge in [0.25, 0.3) is 0 Å². The maximum atomic E-state index is 5.48. The fourth-order valence-electron chi connectivity index (χ4n) is 3.19. The Morgan fingerprint density at radius 3 is 2.96 bits per heavy atom. The van der Waals surface area contributed by atoms with Gasteiger partial charge in [0.15, 0.2) is 11.4 Å². The van der Waals surface area contributed by atoms with Gasteiger partial charge in [0.05, 0.1) is 12.6 Å². The van der Waals surface area contributed by atoms with E-state index in [1.807, 2.05) is 35.2 Å². The third kappa shape index (κ3) is 3.08. The van der Waals surface area contributed by atoms with Crippen LogP contribution in [0.15, 0.2) is 47.6 Å². The maximum Gasteiger partial charge on any atom is 0.158 e. The van der Waals surface area contributed by atoms with Crippen molar-refractivity contribution in [2.75, 3.05) is 11.9 Å². The minimum absolute atomic E-state index is 0.747. The van der Waals surface area contributed by atoms with Crippen molar-refractivity contribution in [1.29, 1.82) is 0 Å². The molecule has 4 aromatic rings. The van der Waals surface area contributed by atoms with Crippen molar-refractivity contribution in [2.45, 2.75) is 33.2 Å². The molecule has 0 aromatic carbocycles. The van der Waals surface area contributed by atoms with Crippen LogP contribution in [0.5, 0.6) is 0 Å². The SMILES string of the molecule is CCc1c(C)nc2cc(-c3ccco3)nn2c1NCCCn1ccnc1. The summed E-state index contributed by atoms with van der Waals surface area (Å²) in [5, 5.41) is 8.28. The summed E-state index contributed by atoms with van der Waals surface area (Å²) in [6, 6.07) is 5.74. The predicted octanol–water partition coefficient (Wildman–Crippen LogP) is 3.56. The van der Waals surface area contributed by atoms with Crippen molar-refractivity contribution in [3.63, 3.8) is 0 Å².